The molecular weight excluding hydrogens is 242 g/mol. The van der Waals surface area contributed by atoms with E-state index in [1.807, 2.05) is 18.2 Å². The average Bonchev–Trinajstić information content (AvgIpc) is 2.44. The molecule has 0 aliphatic heterocycles. The largest absolute Gasteiger partial charge is 0.409 e. The van der Waals surface area contributed by atoms with E-state index in [9.17, 15) is 0 Å². The smallest absolute Gasteiger partial charge is 0.139 e. The van der Waals surface area contributed by atoms with Gasteiger partial charge in [0, 0.05) is 19.5 Å². The predicted octanol–water partition coefficient (Wildman–Crippen LogP) is 1.40. The Morgan fingerprint density at radius 3 is 2.53 bits per heavy atom. The predicted molar refractivity (Wildman–Crippen MR) is 76.1 cm³/mol. The molecule has 0 amide bonds. The lowest BCUT2D eigenvalue weighted by atomic mass is 10.2. The monoisotopic (exact) mass is 265 g/mol. The molecule has 0 atom stereocenters. The van der Waals surface area contributed by atoms with E-state index in [2.05, 4.69) is 22.2 Å². The zero-order valence-electron chi connectivity index (χ0n) is 11.2. The first-order valence-corrected chi connectivity index (χ1v) is 6.59. The molecule has 0 aliphatic carbocycles. The SMILES string of the molecule is NC(CCCCN(CCO)Cc1ccccc1)=NO. The average molecular weight is 265 g/mol. The Bertz CT molecular complexity index is 368. The van der Waals surface area contributed by atoms with Crippen molar-refractivity contribution in [1.29, 1.82) is 0 Å². The molecule has 106 valence electrons. The summed E-state index contributed by atoms with van der Waals surface area (Å²) in [4.78, 5) is 2.21. The van der Waals surface area contributed by atoms with Crippen molar-refractivity contribution in [3.05, 3.63) is 35.9 Å². The van der Waals surface area contributed by atoms with Crippen LogP contribution < -0.4 is 5.73 Å². The Morgan fingerprint density at radius 2 is 1.89 bits per heavy atom. The quantitative estimate of drug-likeness (QED) is 0.207. The van der Waals surface area contributed by atoms with Crippen LogP contribution in [0, 0.1) is 0 Å². The van der Waals surface area contributed by atoms with Gasteiger partial charge in [-0.1, -0.05) is 35.5 Å². The normalized spacial score (nSPS) is 12.0. The maximum atomic E-state index is 9.08. The number of hydrogen-bond acceptors (Lipinski definition) is 4. The van der Waals surface area contributed by atoms with Gasteiger partial charge >= 0.3 is 0 Å². The molecule has 4 N–H and O–H groups in total. The number of oxime groups is 1. The summed E-state index contributed by atoms with van der Waals surface area (Å²) >= 11 is 0. The minimum absolute atomic E-state index is 0.160. The van der Waals surface area contributed by atoms with Crippen molar-refractivity contribution >= 4 is 5.84 Å². The van der Waals surface area contributed by atoms with Crippen LogP contribution in [0.1, 0.15) is 24.8 Å². The van der Waals surface area contributed by atoms with E-state index in [0.29, 0.717) is 13.0 Å². The number of nitrogens with zero attached hydrogens (tertiary/aromatic N) is 2. The van der Waals surface area contributed by atoms with Crippen molar-refractivity contribution < 1.29 is 10.3 Å². The number of nitrogens with two attached hydrogens (primary N) is 1. The molecule has 0 aliphatic rings. The van der Waals surface area contributed by atoms with Gasteiger partial charge < -0.3 is 16.0 Å². The van der Waals surface area contributed by atoms with Crippen molar-refractivity contribution in [2.24, 2.45) is 10.9 Å². The number of amidine groups is 1. The fourth-order valence-corrected chi connectivity index (χ4v) is 1.94. The fraction of sp³-hybridized carbons (Fsp3) is 0.500. The molecule has 0 fully saturated rings. The van der Waals surface area contributed by atoms with E-state index in [1.165, 1.54) is 5.56 Å². The molecule has 0 aromatic heterocycles. The molecule has 0 unspecified atom stereocenters. The fourth-order valence-electron chi connectivity index (χ4n) is 1.94. The molecule has 19 heavy (non-hydrogen) atoms. The molecular formula is C14H23N3O2. The van der Waals surface area contributed by atoms with Gasteiger partial charge in [-0.25, -0.2) is 0 Å². The highest BCUT2D eigenvalue weighted by Crippen LogP contribution is 2.06. The van der Waals surface area contributed by atoms with Crippen LogP contribution in [0.4, 0.5) is 0 Å². The highest BCUT2D eigenvalue weighted by atomic mass is 16.4. The Morgan fingerprint density at radius 1 is 1.16 bits per heavy atom. The minimum Gasteiger partial charge on any atom is -0.409 e. The summed E-state index contributed by atoms with van der Waals surface area (Å²) < 4.78 is 0. The number of rotatable bonds is 9. The molecule has 5 heteroatoms. The van der Waals surface area contributed by atoms with Crippen LogP contribution in [-0.4, -0.2) is 40.7 Å². The van der Waals surface area contributed by atoms with Crippen LogP contribution in [0.25, 0.3) is 0 Å². The summed E-state index contributed by atoms with van der Waals surface area (Å²) in [5.41, 5.74) is 6.66. The second kappa shape index (κ2) is 9.35. The third-order valence-electron chi connectivity index (χ3n) is 2.95. The molecule has 1 aromatic carbocycles. The van der Waals surface area contributed by atoms with Crippen LogP contribution in [-0.2, 0) is 6.54 Å². The number of aliphatic hydroxyl groups is 1. The molecule has 0 bridgehead atoms. The first-order valence-electron chi connectivity index (χ1n) is 6.59. The molecule has 0 heterocycles. The van der Waals surface area contributed by atoms with E-state index in [1.54, 1.807) is 0 Å². The van der Waals surface area contributed by atoms with Gasteiger partial charge in [-0.3, -0.25) is 4.90 Å². The van der Waals surface area contributed by atoms with Gasteiger partial charge in [0.2, 0.25) is 0 Å². The zero-order valence-corrected chi connectivity index (χ0v) is 11.2. The Kier molecular flexibility index (Phi) is 7.62. The zero-order chi connectivity index (χ0) is 13.9. The van der Waals surface area contributed by atoms with E-state index < -0.39 is 0 Å². The lowest BCUT2D eigenvalue weighted by Gasteiger charge is -2.21. The molecule has 5 nitrogen and oxygen atoms in total. The van der Waals surface area contributed by atoms with E-state index >= 15 is 0 Å². The van der Waals surface area contributed by atoms with Crippen molar-refractivity contribution in [3.63, 3.8) is 0 Å². The number of aliphatic hydroxyl groups excluding tert-OH is 1. The molecule has 0 spiro atoms. The van der Waals surface area contributed by atoms with Crippen molar-refractivity contribution in [1.82, 2.24) is 4.90 Å². The summed E-state index contributed by atoms with van der Waals surface area (Å²) in [6.07, 6.45) is 2.45. The van der Waals surface area contributed by atoms with Crippen LogP contribution in [0.3, 0.4) is 0 Å². The lowest BCUT2D eigenvalue weighted by molar-refractivity contribution is 0.188. The van der Waals surface area contributed by atoms with E-state index in [-0.39, 0.29) is 12.4 Å². The molecule has 1 rings (SSSR count). The summed E-state index contributed by atoms with van der Waals surface area (Å²) in [6, 6.07) is 10.2. The topological polar surface area (TPSA) is 82.1 Å². The van der Waals surface area contributed by atoms with Gasteiger partial charge in [-0.15, -0.1) is 0 Å². The first kappa shape index (κ1) is 15.5. The van der Waals surface area contributed by atoms with Crippen molar-refractivity contribution in [2.45, 2.75) is 25.8 Å². The van der Waals surface area contributed by atoms with Gasteiger partial charge in [0.05, 0.1) is 6.61 Å². The third-order valence-corrected chi connectivity index (χ3v) is 2.95. The lowest BCUT2D eigenvalue weighted by Crippen LogP contribution is -2.27. The highest BCUT2D eigenvalue weighted by molar-refractivity contribution is 5.79. The number of benzene rings is 1. The van der Waals surface area contributed by atoms with Gasteiger partial charge in [-0.2, -0.15) is 0 Å². The number of unbranched alkanes of at least 4 members (excludes halogenated alkanes) is 1. The molecule has 1 aromatic rings. The summed E-state index contributed by atoms with van der Waals surface area (Å²) in [7, 11) is 0. The summed E-state index contributed by atoms with van der Waals surface area (Å²) in [5.74, 6) is 0.275. The third kappa shape index (κ3) is 6.79. The maximum absolute atomic E-state index is 9.08. The van der Waals surface area contributed by atoms with E-state index in [0.717, 1.165) is 25.9 Å². The number of hydrogen-bond donors (Lipinski definition) is 3. The van der Waals surface area contributed by atoms with Gasteiger partial charge in [-0.05, 0) is 24.9 Å². The van der Waals surface area contributed by atoms with Gasteiger partial charge in [0.25, 0.3) is 0 Å². The standard InChI is InChI=1S/C14H23N3O2/c15-14(16-19)8-4-5-9-17(10-11-18)12-13-6-2-1-3-7-13/h1-3,6-7,18-19H,4-5,8-12H2,(H2,15,16). The molecule has 0 saturated heterocycles. The highest BCUT2D eigenvalue weighted by Gasteiger charge is 2.05. The van der Waals surface area contributed by atoms with Gasteiger partial charge in [0.15, 0.2) is 0 Å². The Hall–Kier alpha value is -1.59. The first-order chi connectivity index (χ1) is 9.26. The second-order valence-electron chi connectivity index (χ2n) is 4.53. The minimum atomic E-state index is 0.160. The Balaban J connectivity index is 2.32. The maximum Gasteiger partial charge on any atom is 0.139 e. The molecule has 0 saturated carbocycles. The van der Waals surface area contributed by atoms with Crippen molar-refractivity contribution in [2.75, 3.05) is 19.7 Å². The van der Waals surface area contributed by atoms with Crippen LogP contribution in [0.2, 0.25) is 0 Å². The summed E-state index contributed by atoms with van der Waals surface area (Å²) in [6.45, 7) is 2.56. The Labute approximate surface area is 114 Å². The second-order valence-corrected chi connectivity index (χ2v) is 4.53. The van der Waals surface area contributed by atoms with Crippen molar-refractivity contribution in [3.8, 4) is 0 Å². The molecule has 0 radical (unpaired) electrons. The van der Waals surface area contributed by atoms with Crippen LogP contribution >= 0.6 is 0 Å². The van der Waals surface area contributed by atoms with E-state index in [4.69, 9.17) is 16.0 Å². The summed E-state index contributed by atoms with van der Waals surface area (Å²) in [5, 5.41) is 20.5. The van der Waals surface area contributed by atoms with Gasteiger partial charge in [0.1, 0.15) is 5.84 Å². The van der Waals surface area contributed by atoms with Crippen LogP contribution in [0.15, 0.2) is 35.5 Å². The van der Waals surface area contributed by atoms with Crippen LogP contribution in [0.5, 0.6) is 0 Å².